The first-order chi connectivity index (χ1) is 15.6. The van der Waals surface area contributed by atoms with Crippen LogP contribution in [0.3, 0.4) is 0 Å². The molecule has 0 aliphatic heterocycles. The topological polar surface area (TPSA) is 114 Å². The van der Waals surface area contributed by atoms with E-state index < -0.39 is 15.9 Å². The van der Waals surface area contributed by atoms with Gasteiger partial charge in [-0.3, -0.25) is 19.6 Å². The molecule has 0 fully saturated rings. The van der Waals surface area contributed by atoms with Crippen molar-refractivity contribution < 1.29 is 22.7 Å². The molecular formula is C23H23N3O5S2. The van der Waals surface area contributed by atoms with Crippen molar-refractivity contribution in [3.63, 3.8) is 0 Å². The minimum Gasteiger partial charge on any atom is -0.497 e. The van der Waals surface area contributed by atoms with Gasteiger partial charge in [-0.1, -0.05) is 25.2 Å². The third kappa shape index (κ3) is 5.07. The van der Waals surface area contributed by atoms with Crippen LogP contribution < -0.4 is 14.8 Å². The Hall–Kier alpha value is -3.24. The molecule has 0 bridgehead atoms. The van der Waals surface area contributed by atoms with Crippen molar-refractivity contribution in [2.45, 2.75) is 31.6 Å². The van der Waals surface area contributed by atoms with E-state index in [9.17, 15) is 18.0 Å². The molecule has 172 valence electrons. The number of nitrogens with zero attached hydrogens (tertiary/aromatic N) is 1. The van der Waals surface area contributed by atoms with E-state index >= 15 is 0 Å². The molecule has 1 aliphatic carbocycles. The van der Waals surface area contributed by atoms with Gasteiger partial charge in [-0.15, -0.1) is 0 Å². The number of carbonyl (C=O) groups excluding carboxylic acids is 2. The Kier molecular flexibility index (Phi) is 5.98. The highest BCUT2D eigenvalue weighted by Gasteiger charge is 2.34. The Bertz CT molecular complexity index is 1310. The van der Waals surface area contributed by atoms with Gasteiger partial charge in [0.25, 0.3) is 15.9 Å². The molecule has 2 N–H and O–H groups in total. The van der Waals surface area contributed by atoms with Crippen LogP contribution in [-0.2, 0) is 16.4 Å². The number of anilines is 2. The van der Waals surface area contributed by atoms with Crippen LogP contribution in [0.15, 0.2) is 53.4 Å². The van der Waals surface area contributed by atoms with Gasteiger partial charge in [0.15, 0.2) is 10.9 Å². The number of rotatable bonds is 6. The Morgan fingerprint density at radius 1 is 1.06 bits per heavy atom. The fourth-order valence-electron chi connectivity index (χ4n) is 3.60. The average Bonchev–Trinajstić information content (AvgIpc) is 3.15. The fraction of sp³-hybridized carbons (Fsp3) is 0.261. The number of aromatic nitrogens is 1. The highest BCUT2D eigenvalue weighted by atomic mass is 32.2. The zero-order chi connectivity index (χ0) is 23.8. The number of amides is 1. The van der Waals surface area contributed by atoms with Crippen LogP contribution in [0, 0.1) is 5.41 Å². The van der Waals surface area contributed by atoms with Gasteiger partial charge < -0.3 is 4.74 Å². The maximum Gasteiger partial charge on any atom is 0.261 e. The molecule has 1 aromatic heterocycles. The number of hydrogen-bond acceptors (Lipinski definition) is 7. The van der Waals surface area contributed by atoms with Crippen LogP contribution in [0.1, 0.15) is 46.0 Å². The molecule has 2 aromatic carbocycles. The lowest BCUT2D eigenvalue weighted by Crippen LogP contribution is -2.26. The lowest BCUT2D eigenvalue weighted by Gasteiger charge is -2.26. The van der Waals surface area contributed by atoms with E-state index in [2.05, 4.69) is 15.0 Å². The fourth-order valence-corrected chi connectivity index (χ4v) is 5.57. The number of benzene rings is 2. The summed E-state index contributed by atoms with van der Waals surface area (Å²) in [6.45, 7) is 4.05. The molecule has 1 amide bonds. The van der Waals surface area contributed by atoms with Crippen LogP contribution in [0.2, 0.25) is 0 Å². The van der Waals surface area contributed by atoms with Gasteiger partial charge in [0.2, 0.25) is 0 Å². The highest BCUT2D eigenvalue weighted by molar-refractivity contribution is 7.92. The third-order valence-electron chi connectivity index (χ3n) is 5.23. The van der Waals surface area contributed by atoms with Crippen molar-refractivity contribution in [2.24, 2.45) is 5.41 Å². The van der Waals surface area contributed by atoms with Crippen molar-refractivity contribution in [3.05, 3.63) is 64.7 Å². The first kappa shape index (κ1) is 22.9. The molecule has 10 heteroatoms. The zero-order valence-corrected chi connectivity index (χ0v) is 20.0. The molecule has 4 rings (SSSR count). The van der Waals surface area contributed by atoms with E-state index in [4.69, 9.17) is 4.74 Å². The molecule has 0 saturated carbocycles. The monoisotopic (exact) mass is 485 g/mol. The third-order valence-corrected chi connectivity index (χ3v) is 7.68. The number of fused-ring (bicyclic) bond motifs is 1. The largest absolute Gasteiger partial charge is 0.497 e. The highest BCUT2D eigenvalue weighted by Crippen LogP contribution is 2.38. The summed E-state index contributed by atoms with van der Waals surface area (Å²) in [5.41, 5.74) is 1.23. The molecular weight excluding hydrogens is 462 g/mol. The minimum absolute atomic E-state index is 0.0488. The Labute approximate surface area is 196 Å². The summed E-state index contributed by atoms with van der Waals surface area (Å²) in [6.07, 6.45) is 1.15. The summed E-state index contributed by atoms with van der Waals surface area (Å²) in [6, 6.07) is 12.1. The molecule has 33 heavy (non-hydrogen) atoms. The number of ether oxygens (including phenoxy) is 1. The Morgan fingerprint density at radius 3 is 2.36 bits per heavy atom. The number of thiazole rings is 1. The lowest BCUT2D eigenvalue weighted by atomic mass is 9.78. The standard InChI is InChI=1S/C23H23N3O5S2/c1-23(2)12-18-20(19(27)13-23)32-22(24-18)25-21(28)14-4-6-15(7-5-14)26-33(29,30)17-10-8-16(31-3)9-11-17/h4-11,26H,12-13H2,1-3H3,(H,24,25,28). The molecule has 0 spiro atoms. The second-order valence-electron chi connectivity index (χ2n) is 8.55. The van der Waals surface area contributed by atoms with Gasteiger partial charge in [0, 0.05) is 17.7 Å². The van der Waals surface area contributed by atoms with Crippen molar-refractivity contribution in [1.82, 2.24) is 4.98 Å². The number of methoxy groups -OCH3 is 1. The molecule has 1 heterocycles. The first-order valence-corrected chi connectivity index (χ1v) is 12.5. The van der Waals surface area contributed by atoms with E-state index in [1.807, 2.05) is 13.8 Å². The van der Waals surface area contributed by atoms with Crippen LogP contribution in [0.25, 0.3) is 0 Å². The number of ketones is 1. The molecule has 0 atom stereocenters. The first-order valence-electron chi connectivity index (χ1n) is 10.2. The van der Waals surface area contributed by atoms with Crippen LogP contribution in [0.4, 0.5) is 10.8 Å². The summed E-state index contributed by atoms with van der Waals surface area (Å²) in [5, 5.41) is 3.11. The molecule has 0 radical (unpaired) electrons. The van der Waals surface area contributed by atoms with Gasteiger partial charge in [0.05, 0.1) is 22.6 Å². The van der Waals surface area contributed by atoms with E-state index in [1.165, 1.54) is 54.8 Å². The Morgan fingerprint density at radius 2 is 1.73 bits per heavy atom. The second-order valence-corrected chi connectivity index (χ2v) is 11.2. The minimum atomic E-state index is -3.78. The van der Waals surface area contributed by atoms with Crippen LogP contribution >= 0.6 is 11.3 Å². The number of carbonyl (C=O) groups is 2. The summed E-state index contributed by atoms with van der Waals surface area (Å²) in [4.78, 5) is 30.1. The molecule has 0 unspecified atom stereocenters. The number of Topliss-reactive ketones (excluding diaryl/α,β-unsaturated/α-hetero) is 1. The maximum absolute atomic E-state index is 12.6. The van der Waals surface area contributed by atoms with Crippen LogP contribution in [0.5, 0.6) is 5.75 Å². The normalized spacial score (nSPS) is 14.9. The van der Waals surface area contributed by atoms with E-state index in [-0.39, 0.29) is 16.1 Å². The van der Waals surface area contributed by atoms with E-state index in [0.29, 0.717) is 39.9 Å². The lowest BCUT2D eigenvalue weighted by molar-refractivity contribution is 0.0915. The van der Waals surface area contributed by atoms with Gasteiger partial charge in [0.1, 0.15) is 5.75 Å². The van der Waals surface area contributed by atoms with Gasteiger partial charge >= 0.3 is 0 Å². The van der Waals surface area contributed by atoms with Crippen molar-refractivity contribution in [2.75, 3.05) is 17.1 Å². The predicted molar refractivity (Wildman–Crippen MR) is 127 cm³/mol. The van der Waals surface area contributed by atoms with Crippen molar-refractivity contribution >= 4 is 43.9 Å². The molecule has 8 nitrogen and oxygen atoms in total. The zero-order valence-electron chi connectivity index (χ0n) is 18.3. The molecule has 3 aromatic rings. The number of sulfonamides is 1. The van der Waals surface area contributed by atoms with Crippen LogP contribution in [-0.4, -0.2) is 32.2 Å². The SMILES string of the molecule is COc1ccc(S(=O)(=O)Nc2ccc(C(=O)Nc3nc4c(s3)C(=O)CC(C)(C)C4)cc2)cc1. The molecule has 0 saturated heterocycles. The summed E-state index contributed by atoms with van der Waals surface area (Å²) >= 11 is 1.19. The number of nitrogens with one attached hydrogen (secondary N) is 2. The second kappa shape index (κ2) is 8.60. The van der Waals surface area contributed by atoms with Crippen molar-refractivity contribution in [1.29, 1.82) is 0 Å². The smallest absolute Gasteiger partial charge is 0.261 e. The quantitative estimate of drug-likeness (QED) is 0.536. The summed E-state index contributed by atoms with van der Waals surface area (Å²) in [5.74, 6) is 0.212. The predicted octanol–water partition coefficient (Wildman–Crippen LogP) is 4.36. The van der Waals surface area contributed by atoms with E-state index in [1.54, 1.807) is 12.1 Å². The average molecular weight is 486 g/mol. The molecule has 1 aliphatic rings. The van der Waals surface area contributed by atoms with Gasteiger partial charge in [-0.2, -0.15) is 0 Å². The maximum atomic E-state index is 12.6. The van der Waals surface area contributed by atoms with Gasteiger partial charge in [-0.25, -0.2) is 13.4 Å². The van der Waals surface area contributed by atoms with Crippen molar-refractivity contribution in [3.8, 4) is 5.75 Å². The summed E-state index contributed by atoms with van der Waals surface area (Å²) < 4.78 is 32.7. The van der Waals surface area contributed by atoms with Gasteiger partial charge in [-0.05, 0) is 60.4 Å². The number of hydrogen-bond donors (Lipinski definition) is 2. The summed E-state index contributed by atoms with van der Waals surface area (Å²) in [7, 11) is -2.28. The van der Waals surface area contributed by atoms with E-state index in [0.717, 1.165) is 5.69 Å². The Balaban J connectivity index is 1.44.